The smallest absolute Gasteiger partial charge is 0.193 e. The average molecular weight is 483 g/mol. The van der Waals surface area contributed by atoms with Crippen molar-refractivity contribution in [1.82, 2.24) is 10.2 Å². The molecule has 4 nitrogen and oxygen atoms in total. The summed E-state index contributed by atoms with van der Waals surface area (Å²) < 4.78 is 19.6. The molecule has 2 aromatic carbocycles. The molecule has 2 aromatic rings. The van der Waals surface area contributed by atoms with Crippen LogP contribution in [0.25, 0.3) is 0 Å². The number of nitrogens with one attached hydrogen (secondary N) is 1. The summed E-state index contributed by atoms with van der Waals surface area (Å²) in [6.07, 6.45) is 1.08. The normalized spacial score (nSPS) is 16.9. The highest BCUT2D eigenvalue weighted by Crippen LogP contribution is 2.17. The van der Waals surface area contributed by atoms with Gasteiger partial charge >= 0.3 is 0 Å². The number of guanidine groups is 1. The molecule has 1 N–H and O–H groups in total. The quantitative estimate of drug-likeness (QED) is 0.383. The number of hydrogen-bond donors (Lipinski definition) is 1. The van der Waals surface area contributed by atoms with Crippen molar-refractivity contribution in [3.63, 3.8) is 0 Å². The fourth-order valence-corrected chi connectivity index (χ4v) is 3.23. The standard InChI is InChI=1S/C21H26FN3O.HI/c1-23-21(24-13-19-9-5-6-10-20(19)22)25-12-11-18(14-25)16-26-15-17-7-3-2-4-8-17;/h2-10,18H,11-16H2,1H3,(H,23,24);1H. The van der Waals surface area contributed by atoms with Crippen LogP contribution in [0.1, 0.15) is 17.5 Å². The lowest BCUT2D eigenvalue weighted by molar-refractivity contribution is 0.0906. The second kappa shape index (κ2) is 11.2. The Bertz CT molecular complexity index is 726. The zero-order valence-electron chi connectivity index (χ0n) is 15.6. The Hall–Kier alpha value is -1.67. The number of nitrogens with zero attached hydrogens (tertiary/aromatic N) is 2. The van der Waals surface area contributed by atoms with Crippen molar-refractivity contribution in [2.75, 3.05) is 26.7 Å². The van der Waals surface area contributed by atoms with E-state index in [2.05, 4.69) is 27.3 Å². The zero-order valence-corrected chi connectivity index (χ0v) is 17.9. The van der Waals surface area contributed by atoms with Crippen LogP contribution >= 0.6 is 24.0 Å². The molecule has 1 saturated heterocycles. The van der Waals surface area contributed by atoms with Gasteiger partial charge in [-0.25, -0.2) is 4.39 Å². The van der Waals surface area contributed by atoms with E-state index in [9.17, 15) is 4.39 Å². The van der Waals surface area contributed by atoms with Crippen molar-refractivity contribution in [1.29, 1.82) is 0 Å². The predicted molar refractivity (Wildman–Crippen MR) is 118 cm³/mol. The van der Waals surface area contributed by atoms with E-state index in [-0.39, 0.29) is 29.8 Å². The summed E-state index contributed by atoms with van der Waals surface area (Å²) in [6, 6.07) is 17.0. The molecule has 1 atom stereocenters. The molecular formula is C21H27FIN3O. The van der Waals surface area contributed by atoms with E-state index in [1.54, 1.807) is 19.2 Å². The van der Waals surface area contributed by atoms with Crippen molar-refractivity contribution in [3.8, 4) is 0 Å². The van der Waals surface area contributed by atoms with Gasteiger partial charge in [0, 0.05) is 38.2 Å². The van der Waals surface area contributed by atoms with E-state index >= 15 is 0 Å². The summed E-state index contributed by atoms with van der Waals surface area (Å²) in [5.74, 6) is 1.12. The molecule has 0 saturated carbocycles. The van der Waals surface area contributed by atoms with Crippen molar-refractivity contribution in [2.45, 2.75) is 19.6 Å². The van der Waals surface area contributed by atoms with E-state index in [1.165, 1.54) is 11.6 Å². The molecular weight excluding hydrogens is 456 g/mol. The van der Waals surface area contributed by atoms with Gasteiger partial charge in [-0.3, -0.25) is 4.99 Å². The molecule has 0 bridgehead atoms. The first kappa shape index (κ1) is 21.6. The van der Waals surface area contributed by atoms with Crippen LogP contribution in [-0.2, 0) is 17.9 Å². The number of rotatable bonds is 6. The van der Waals surface area contributed by atoms with Gasteiger partial charge in [0.25, 0.3) is 0 Å². The molecule has 3 rings (SSSR count). The van der Waals surface area contributed by atoms with E-state index in [0.717, 1.165) is 32.1 Å². The minimum atomic E-state index is -0.191. The van der Waals surface area contributed by atoms with Crippen LogP contribution in [-0.4, -0.2) is 37.6 Å². The summed E-state index contributed by atoms with van der Waals surface area (Å²) in [5.41, 5.74) is 1.85. The maximum absolute atomic E-state index is 13.8. The maximum atomic E-state index is 13.8. The van der Waals surface area contributed by atoms with Gasteiger partial charge in [-0.15, -0.1) is 24.0 Å². The van der Waals surface area contributed by atoms with E-state index in [0.29, 0.717) is 24.6 Å². The molecule has 1 fully saturated rings. The van der Waals surface area contributed by atoms with Crippen LogP contribution in [0.2, 0.25) is 0 Å². The first-order valence-electron chi connectivity index (χ1n) is 9.07. The van der Waals surface area contributed by atoms with Crippen LogP contribution < -0.4 is 5.32 Å². The number of halogens is 2. The van der Waals surface area contributed by atoms with Gasteiger partial charge in [0.05, 0.1) is 13.2 Å². The largest absolute Gasteiger partial charge is 0.376 e. The molecule has 146 valence electrons. The summed E-state index contributed by atoms with van der Waals surface area (Å²) in [6.45, 7) is 3.68. The van der Waals surface area contributed by atoms with Gasteiger partial charge in [-0.05, 0) is 18.1 Å². The van der Waals surface area contributed by atoms with Crippen LogP contribution in [0.4, 0.5) is 4.39 Å². The second-order valence-electron chi connectivity index (χ2n) is 6.59. The number of benzene rings is 2. The third-order valence-corrected chi connectivity index (χ3v) is 4.66. The Balaban J connectivity index is 0.00000261. The fourth-order valence-electron chi connectivity index (χ4n) is 3.23. The molecule has 0 aromatic heterocycles. The second-order valence-corrected chi connectivity index (χ2v) is 6.59. The van der Waals surface area contributed by atoms with Gasteiger partial charge in [-0.1, -0.05) is 48.5 Å². The van der Waals surface area contributed by atoms with Gasteiger partial charge < -0.3 is 15.0 Å². The molecule has 1 aliphatic heterocycles. The third-order valence-electron chi connectivity index (χ3n) is 4.66. The van der Waals surface area contributed by atoms with E-state index in [1.807, 2.05) is 24.3 Å². The molecule has 1 unspecified atom stereocenters. The van der Waals surface area contributed by atoms with Crippen LogP contribution in [0.3, 0.4) is 0 Å². The number of aliphatic imine (C=N–C) groups is 1. The highest BCUT2D eigenvalue weighted by atomic mass is 127. The van der Waals surface area contributed by atoms with Gasteiger partial charge in [0.15, 0.2) is 5.96 Å². The highest BCUT2D eigenvalue weighted by molar-refractivity contribution is 14.0. The topological polar surface area (TPSA) is 36.9 Å². The molecule has 27 heavy (non-hydrogen) atoms. The maximum Gasteiger partial charge on any atom is 0.193 e. The average Bonchev–Trinajstić information content (AvgIpc) is 3.13. The van der Waals surface area contributed by atoms with E-state index in [4.69, 9.17) is 4.74 Å². The lowest BCUT2D eigenvalue weighted by Crippen LogP contribution is -2.40. The van der Waals surface area contributed by atoms with Crippen molar-refractivity contribution < 1.29 is 9.13 Å². The summed E-state index contributed by atoms with van der Waals surface area (Å²) in [4.78, 5) is 6.56. The molecule has 6 heteroatoms. The minimum Gasteiger partial charge on any atom is -0.376 e. The lowest BCUT2D eigenvalue weighted by atomic mass is 10.1. The number of likely N-dealkylation sites (tertiary alicyclic amines) is 1. The number of ether oxygens (including phenoxy) is 1. The molecule has 0 amide bonds. The molecule has 1 heterocycles. The fraction of sp³-hybridized carbons (Fsp3) is 0.381. The van der Waals surface area contributed by atoms with E-state index < -0.39 is 0 Å². The summed E-state index contributed by atoms with van der Waals surface area (Å²) in [7, 11) is 1.77. The van der Waals surface area contributed by atoms with Gasteiger partial charge in [0.2, 0.25) is 0 Å². The van der Waals surface area contributed by atoms with Gasteiger partial charge in [0.1, 0.15) is 5.82 Å². The molecule has 0 radical (unpaired) electrons. The third kappa shape index (κ3) is 6.46. The van der Waals surface area contributed by atoms with Crippen molar-refractivity contribution in [3.05, 3.63) is 71.5 Å². The number of hydrogen-bond acceptors (Lipinski definition) is 2. The Morgan fingerprint density at radius 2 is 1.93 bits per heavy atom. The highest BCUT2D eigenvalue weighted by Gasteiger charge is 2.25. The zero-order chi connectivity index (χ0) is 18.2. The Labute approximate surface area is 177 Å². The molecule has 0 aliphatic carbocycles. The lowest BCUT2D eigenvalue weighted by Gasteiger charge is -2.22. The first-order valence-corrected chi connectivity index (χ1v) is 9.07. The summed E-state index contributed by atoms with van der Waals surface area (Å²) in [5, 5.41) is 3.27. The van der Waals surface area contributed by atoms with Crippen molar-refractivity contribution in [2.24, 2.45) is 10.9 Å². The molecule has 0 spiro atoms. The Morgan fingerprint density at radius 1 is 1.19 bits per heavy atom. The Morgan fingerprint density at radius 3 is 2.67 bits per heavy atom. The van der Waals surface area contributed by atoms with Crippen LogP contribution in [0.15, 0.2) is 59.6 Å². The SMILES string of the molecule is CN=C(NCc1ccccc1F)N1CCC(COCc2ccccc2)C1.I. The van der Waals surface area contributed by atoms with Gasteiger partial charge in [-0.2, -0.15) is 0 Å². The summed E-state index contributed by atoms with van der Waals surface area (Å²) >= 11 is 0. The van der Waals surface area contributed by atoms with Crippen LogP contribution in [0, 0.1) is 11.7 Å². The Kier molecular flexibility index (Phi) is 9.00. The van der Waals surface area contributed by atoms with Crippen molar-refractivity contribution >= 4 is 29.9 Å². The first-order chi connectivity index (χ1) is 12.8. The minimum absolute atomic E-state index is 0. The monoisotopic (exact) mass is 483 g/mol. The van der Waals surface area contributed by atoms with Crippen LogP contribution in [0.5, 0.6) is 0 Å². The molecule has 1 aliphatic rings. The predicted octanol–water partition coefficient (Wildman–Crippen LogP) is 4.06.